The Morgan fingerprint density at radius 3 is 2.62 bits per heavy atom. The molecular formula is C16H13ClN2O2. The summed E-state index contributed by atoms with van der Waals surface area (Å²) in [6, 6.07) is 15.9. The first-order valence-corrected chi connectivity index (χ1v) is 6.63. The van der Waals surface area contributed by atoms with Crippen molar-refractivity contribution in [3.63, 3.8) is 0 Å². The molecule has 106 valence electrons. The van der Waals surface area contributed by atoms with Crippen molar-refractivity contribution >= 4 is 23.2 Å². The zero-order chi connectivity index (χ0) is 15.2. The molecule has 0 saturated carbocycles. The molecule has 0 saturated heterocycles. The minimum atomic E-state index is -0.193. The van der Waals surface area contributed by atoms with Crippen LogP contribution in [0, 0.1) is 11.3 Å². The predicted molar refractivity (Wildman–Crippen MR) is 81.5 cm³/mol. The summed E-state index contributed by atoms with van der Waals surface area (Å²) < 4.78 is 5.41. The Bertz CT molecular complexity index is 680. The number of rotatable bonds is 4. The fraction of sp³-hybridized carbons (Fsp3) is 0.125. The molecule has 0 radical (unpaired) electrons. The molecule has 0 aliphatic carbocycles. The zero-order valence-corrected chi connectivity index (χ0v) is 12.2. The van der Waals surface area contributed by atoms with Gasteiger partial charge in [0.15, 0.2) is 6.61 Å². The van der Waals surface area contributed by atoms with Crippen molar-refractivity contribution in [1.29, 1.82) is 5.26 Å². The van der Waals surface area contributed by atoms with Gasteiger partial charge in [0, 0.05) is 12.7 Å². The van der Waals surface area contributed by atoms with E-state index < -0.39 is 0 Å². The van der Waals surface area contributed by atoms with Gasteiger partial charge in [-0.15, -0.1) is 0 Å². The van der Waals surface area contributed by atoms with Crippen LogP contribution in [0.4, 0.5) is 5.69 Å². The highest BCUT2D eigenvalue weighted by molar-refractivity contribution is 6.32. The van der Waals surface area contributed by atoms with Crippen LogP contribution in [-0.2, 0) is 4.79 Å². The number of ether oxygens (including phenoxy) is 1. The summed E-state index contributed by atoms with van der Waals surface area (Å²) in [5.41, 5.74) is 1.23. The minimum Gasteiger partial charge on any atom is -0.482 e. The molecule has 0 aliphatic rings. The third-order valence-electron chi connectivity index (χ3n) is 2.93. The Hall–Kier alpha value is -2.51. The molecule has 0 heterocycles. The van der Waals surface area contributed by atoms with Gasteiger partial charge in [-0.05, 0) is 30.3 Å². The van der Waals surface area contributed by atoms with Crippen molar-refractivity contribution in [2.75, 3.05) is 18.6 Å². The number of benzene rings is 2. The van der Waals surface area contributed by atoms with E-state index in [9.17, 15) is 4.79 Å². The number of nitriles is 1. The van der Waals surface area contributed by atoms with Crippen molar-refractivity contribution in [1.82, 2.24) is 0 Å². The highest BCUT2D eigenvalue weighted by Gasteiger charge is 2.12. The average Bonchev–Trinajstić information content (AvgIpc) is 2.53. The van der Waals surface area contributed by atoms with Crippen LogP contribution >= 0.6 is 11.6 Å². The van der Waals surface area contributed by atoms with Crippen LogP contribution in [0.1, 0.15) is 5.56 Å². The van der Waals surface area contributed by atoms with E-state index in [2.05, 4.69) is 0 Å². The lowest BCUT2D eigenvalue weighted by Crippen LogP contribution is -2.31. The first-order valence-electron chi connectivity index (χ1n) is 6.26. The number of likely N-dealkylation sites (N-methyl/N-ethyl adjacent to an activating group) is 1. The number of hydrogen-bond donors (Lipinski definition) is 0. The Labute approximate surface area is 128 Å². The van der Waals surface area contributed by atoms with Gasteiger partial charge in [-0.1, -0.05) is 29.8 Å². The smallest absolute Gasteiger partial charge is 0.264 e. The first-order chi connectivity index (χ1) is 10.1. The molecule has 0 atom stereocenters. The number of carbonyl (C=O) groups excluding carboxylic acids is 1. The lowest BCUT2D eigenvalue weighted by molar-refractivity contribution is -0.120. The van der Waals surface area contributed by atoms with E-state index in [0.717, 1.165) is 5.69 Å². The fourth-order valence-corrected chi connectivity index (χ4v) is 1.95. The van der Waals surface area contributed by atoms with Crippen LogP contribution < -0.4 is 9.64 Å². The molecule has 0 aliphatic heterocycles. The first kappa shape index (κ1) is 14.9. The van der Waals surface area contributed by atoms with E-state index in [4.69, 9.17) is 21.6 Å². The lowest BCUT2D eigenvalue weighted by Gasteiger charge is -2.17. The Balaban J connectivity index is 2.00. The van der Waals surface area contributed by atoms with E-state index in [1.807, 2.05) is 36.4 Å². The molecule has 2 rings (SSSR count). The Kier molecular flexibility index (Phi) is 4.81. The summed E-state index contributed by atoms with van der Waals surface area (Å²) >= 11 is 5.99. The van der Waals surface area contributed by atoms with Gasteiger partial charge in [-0.25, -0.2) is 0 Å². The SMILES string of the molecule is CN(C(=O)COc1ccc(C#N)cc1Cl)c1ccccc1. The third-order valence-corrected chi connectivity index (χ3v) is 3.23. The topological polar surface area (TPSA) is 53.3 Å². The maximum atomic E-state index is 12.1. The monoisotopic (exact) mass is 300 g/mol. The van der Waals surface area contributed by atoms with Gasteiger partial charge in [0.2, 0.25) is 0 Å². The third kappa shape index (κ3) is 3.74. The highest BCUT2D eigenvalue weighted by Crippen LogP contribution is 2.25. The maximum Gasteiger partial charge on any atom is 0.264 e. The number of halogens is 1. The van der Waals surface area contributed by atoms with Crippen molar-refractivity contribution in [3.8, 4) is 11.8 Å². The van der Waals surface area contributed by atoms with E-state index in [1.165, 1.54) is 11.0 Å². The van der Waals surface area contributed by atoms with Gasteiger partial charge in [0.05, 0.1) is 16.7 Å². The number of nitrogens with zero attached hydrogens (tertiary/aromatic N) is 2. The van der Waals surface area contributed by atoms with Crippen molar-refractivity contribution < 1.29 is 9.53 Å². The summed E-state index contributed by atoms with van der Waals surface area (Å²) in [5, 5.41) is 9.07. The normalized spacial score (nSPS) is 9.76. The predicted octanol–water partition coefficient (Wildman–Crippen LogP) is 3.25. The van der Waals surface area contributed by atoms with Crippen LogP contribution in [0.15, 0.2) is 48.5 Å². The minimum absolute atomic E-state index is 0.128. The second kappa shape index (κ2) is 6.78. The summed E-state index contributed by atoms with van der Waals surface area (Å²) in [6.45, 7) is -0.128. The largest absolute Gasteiger partial charge is 0.482 e. The van der Waals surface area contributed by atoms with Gasteiger partial charge in [-0.2, -0.15) is 5.26 Å². The number of para-hydroxylation sites is 1. The van der Waals surface area contributed by atoms with Crippen LogP contribution in [-0.4, -0.2) is 19.6 Å². The standard InChI is InChI=1S/C16H13ClN2O2/c1-19(13-5-3-2-4-6-13)16(20)11-21-15-8-7-12(10-18)9-14(15)17/h2-9H,11H2,1H3. The van der Waals surface area contributed by atoms with Gasteiger partial charge in [0.25, 0.3) is 5.91 Å². The molecule has 0 fully saturated rings. The van der Waals surface area contributed by atoms with E-state index in [1.54, 1.807) is 19.2 Å². The molecule has 4 nitrogen and oxygen atoms in total. The van der Waals surface area contributed by atoms with Crippen molar-refractivity contribution in [2.24, 2.45) is 0 Å². The van der Waals surface area contributed by atoms with Gasteiger partial charge < -0.3 is 9.64 Å². The summed E-state index contributed by atoms with van der Waals surface area (Å²) in [6.07, 6.45) is 0. The van der Waals surface area contributed by atoms with E-state index >= 15 is 0 Å². The number of carbonyl (C=O) groups is 1. The van der Waals surface area contributed by atoms with Crippen LogP contribution in [0.3, 0.4) is 0 Å². The molecule has 0 N–H and O–H groups in total. The van der Waals surface area contributed by atoms with Gasteiger partial charge in [0.1, 0.15) is 5.75 Å². The van der Waals surface area contributed by atoms with Crippen LogP contribution in [0.2, 0.25) is 5.02 Å². The molecule has 2 aromatic carbocycles. The average molecular weight is 301 g/mol. The van der Waals surface area contributed by atoms with Gasteiger partial charge in [-0.3, -0.25) is 4.79 Å². The molecule has 0 unspecified atom stereocenters. The highest BCUT2D eigenvalue weighted by atomic mass is 35.5. The summed E-state index contributed by atoms with van der Waals surface area (Å²) in [4.78, 5) is 13.6. The second-order valence-electron chi connectivity index (χ2n) is 4.33. The molecule has 0 spiro atoms. The molecule has 1 amide bonds. The van der Waals surface area contributed by atoms with Crippen LogP contribution in [0.25, 0.3) is 0 Å². The molecule has 0 aromatic heterocycles. The van der Waals surface area contributed by atoms with Crippen LogP contribution in [0.5, 0.6) is 5.75 Å². The second-order valence-corrected chi connectivity index (χ2v) is 4.74. The molecule has 0 bridgehead atoms. The van der Waals surface area contributed by atoms with E-state index in [-0.39, 0.29) is 12.5 Å². The van der Waals surface area contributed by atoms with Gasteiger partial charge >= 0.3 is 0 Å². The number of anilines is 1. The summed E-state index contributed by atoms with van der Waals surface area (Å²) in [5.74, 6) is 0.187. The van der Waals surface area contributed by atoms with Crippen molar-refractivity contribution in [2.45, 2.75) is 0 Å². The number of hydrogen-bond acceptors (Lipinski definition) is 3. The zero-order valence-electron chi connectivity index (χ0n) is 11.4. The fourth-order valence-electron chi connectivity index (χ4n) is 1.72. The molecular weight excluding hydrogens is 288 g/mol. The Morgan fingerprint density at radius 1 is 1.29 bits per heavy atom. The summed E-state index contributed by atoms with van der Waals surface area (Å²) in [7, 11) is 1.68. The van der Waals surface area contributed by atoms with E-state index in [0.29, 0.717) is 16.3 Å². The lowest BCUT2D eigenvalue weighted by atomic mass is 10.2. The maximum absolute atomic E-state index is 12.1. The number of amides is 1. The molecule has 2 aromatic rings. The molecule has 5 heteroatoms. The quantitative estimate of drug-likeness (QED) is 0.871. The molecule has 21 heavy (non-hydrogen) atoms. The van der Waals surface area contributed by atoms with Crippen molar-refractivity contribution in [3.05, 3.63) is 59.1 Å². The Morgan fingerprint density at radius 2 is 2.00 bits per heavy atom.